The van der Waals surface area contributed by atoms with Crippen molar-refractivity contribution in [2.45, 2.75) is 52.0 Å². The smallest absolute Gasteiger partial charge is 0.239 e. The molecule has 1 saturated carbocycles. The number of nitrogens with one attached hydrogen (secondary N) is 1. The van der Waals surface area contributed by atoms with Crippen molar-refractivity contribution in [2.75, 3.05) is 45.1 Å². The predicted molar refractivity (Wildman–Crippen MR) is 103 cm³/mol. The first kappa shape index (κ1) is 18.9. The Morgan fingerprint density at radius 1 is 1.15 bits per heavy atom. The molecule has 6 heteroatoms. The fraction of sp³-hybridized carbons (Fsp3) is 0.700. The molecule has 0 radical (unpaired) electrons. The van der Waals surface area contributed by atoms with Gasteiger partial charge in [0.25, 0.3) is 0 Å². The first-order chi connectivity index (χ1) is 12.5. The molecule has 1 aliphatic carbocycles. The molecule has 0 bridgehead atoms. The van der Waals surface area contributed by atoms with Crippen LogP contribution in [0.2, 0.25) is 0 Å². The molecule has 2 heterocycles. The Balaban J connectivity index is 1.78. The maximum atomic E-state index is 12.7. The Morgan fingerprint density at radius 2 is 1.81 bits per heavy atom. The van der Waals surface area contributed by atoms with Gasteiger partial charge in [0.15, 0.2) is 0 Å². The average molecular weight is 358 g/mol. The zero-order valence-electron chi connectivity index (χ0n) is 16.3. The second-order valence-electron chi connectivity index (χ2n) is 7.84. The van der Waals surface area contributed by atoms with Gasteiger partial charge >= 0.3 is 0 Å². The highest BCUT2D eigenvalue weighted by Gasteiger charge is 2.26. The fourth-order valence-corrected chi connectivity index (χ4v) is 4.26. The van der Waals surface area contributed by atoms with Crippen LogP contribution in [0, 0.1) is 25.2 Å². The quantitative estimate of drug-likeness (QED) is 0.900. The van der Waals surface area contributed by atoms with Gasteiger partial charge in [0.2, 0.25) is 5.91 Å². The van der Waals surface area contributed by atoms with Crippen LogP contribution in [-0.2, 0) is 4.79 Å². The van der Waals surface area contributed by atoms with E-state index in [1.165, 1.54) is 19.3 Å². The molecule has 1 aromatic heterocycles. The third-order valence-electron chi connectivity index (χ3n) is 6.03. The van der Waals surface area contributed by atoms with Gasteiger partial charge in [-0.3, -0.25) is 9.69 Å². The van der Waals surface area contributed by atoms with E-state index < -0.39 is 0 Å². The number of nitrogens with zero attached hydrogens (tertiary/aromatic N) is 4. The number of carbonyl (C=O) groups excluding carboxylic acids is 1. The molecule has 0 unspecified atom stereocenters. The van der Waals surface area contributed by atoms with E-state index in [4.69, 9.17) is 0 Å². The van der Waals surface area contributed by atoms with Crippen LogP contribution in [0.3, 0.4) is 0 Å². The zero-order chi connectivity index (χ0) is 18.7. The number of hydrogen-bond donors (Lipinski definition) is 1. The second kappa shape index (κ2) is 8.24. The van der Waals surface area contributed by atoms with Crippen molar-refractivity contribution in [1.82, 2.24) is 14.4 Å². The minimum atomic E-state index is -0.0133. The fourth-order valence-electron chi connectivity index (χ4n) is 4.26. The van der Waals surface area contributed by atoms with Crippen LogP contribution in [0.1, 0.15) is 55.0 Å². The molecular formula is C20H31N5O. The number of piperazine rings is 1. The first-order valence-electron chi connectivity index (χ1n) is 9.83. The topological polar surface area (TPSA) is 64.3 Å². The summed E-state index contributed by atoms with van der Waals surface area (Å²) < 4.78 is 2.23. The molecule has 2 fully saturated rings. The van der Waals surface area contributed by atoms with Crippen LogP contribution in [0.15, 0.2) is 0 Å². The molecule has 2 aliphatic rings. The van der Waals surface area contributed by atoms with Gasteiger partial charge in [-0.15, -0.1) is 0 Å². The molecule has 1 saturated heterocycles. The van der Waals surface area contributed by atoms with E-state index in [1.54, 1.807) is 0 Å². The second-order valence-corrected chi connectivity index (χ2v) is 7.84. The summed E-state index contributed by atoms with van der Waals surface area (Å²) in [5.74, 6) is 0.703. The summed E-state index contributed by atoms with van der Waals surface area (Å²) in [6, 6.07) is 2.72. The third-order valence-corrected chi connectivity index (χ3v) is 6.03. The summed E-state index contributed by atoms with van der Waals surface area (Å²) in [4.78, 5) is 17.2. The third kappa shape index (κ3) is 3.94. The summed E-state index contributed by atoms with van der Waals surface area (Å²) in [6.45, 7) is 8.27. The standard InChI is InChI=1S/C20H31N5O/c1-15-16(2)25(17-7-5-4-6-8-17)20(18(15)13-21)22-19(26)14-24-11-9-23(3)10-12-24/h17H,4-12,14H2,1-3H3,(H,22,26). The average Bonchev–Trinajstić information content (AvgIpc) is 2.87. The van der Waals surface area contributed by atoms with E-state index in [0.29, 0.717) is 24.0 Å². The Morgan fingerprint density at radius 3 is 2.42 bits per heavy atom. The van der Waals surface area contributed by atoms with Gasteiger partial charge in [0.1, 0.15) is 11.9 Å². The zero-order valence-corrected chi connectivity index (χ0v) is 16.3. The van der Waals surface area contributed by atoms with E-state index in [-0.39, 0.29) is 5.91 Å². The lowest BCUT2D eigenvalue weighted by atomic mass is 9.95. The molecule has 26 heavy (non-hydrogen) atoms. The lowest BCUT2D eigenvalue weighted by Gasteiger charge is -2.32. The minimum absolute atomic E-state index is 0.0133. The predicted octanol–water partition coefficient (Wildman–Crippen LogP) is 2.67. The number of aromatic nitrogens is 1. The molecule has 142 valence electrons. The van der Waals surface area contributed by atoms with Gasteiger partial charge in [0, 0.05) is 37.9 Å². The van der Waals surface area contributed by atoms with Crippen LogP contribution in [-0.4, -0.2) is 60.0 Å². The van der Waals surface area contributed by atoms with Gasteiger partial charge in [-0.2, -0.15) is 5.26 Å². The number of hydrogen-bond acceptors (Lipinski definition) is 4. The molecule has 6 nitrogen and oxygen atoms in total. The van der Waals surface area contributed by atoms with Crippen LogP contribution < -0.4 is 5.32 Å². The number of nitriles is 1. The van der Waals surface area contributed by atoms with Crippen molar-refractivity contribution in [2.24, 2.45) is 0 Å². The summed E-state index contributed by atoms with van der Waals surface area (Å²) >= 11 is 0. The molecule has 1 N–H and O–H groups in total. The lowest BCUT2D eigenvalue weighted by Crippen LogP contribution is -2.47. The summed E-state index contributed by atoms with van der Waals surface area (Å²) in [6.07, 6.45) is 5.98. The van der Waals surface area contributed by atoms with Crippen LogP contribution in [0.25, 0.3) is 0 Å². The van der Waals surface area contributed by atoms with E-state index in [9.17, 15) is 10.1 Å². The Bertz CT molecular complexity index is 688. The number of amides is 1. The molecular weight excluding hydrogens is 326 g/mol. The first-order valence-corrected chi connectivity index (χ1v) is 9.83. The lowest BCUT2D eigenvalue weighted by molar-refractivity contribution is -0.117. The van der Waals surface area contributed by atoms with E-state index in [2.05, 4.69) is 39.7 Å². The van der Waals surface area contributed by atoms with E-state index in [1.807, 2.05) is 6.92 Å². The van der Waals surface area contributed by atoms with Crippen molar-refractivity contribution in [1.29, 1.82) is 5.26 Å². The van der Waals surface area contributed by atoms with E-state index >= 15 is 0 Å². The van der Waals surface area contributed by atoms with Crippen LogP contribution in [0.4, 0.5) is 5.82 Å². The van der Waals surface area contributed by atoms with Crippen LogP contribution >= 0.6 is 0 Å². The maximum Gasteiger partial charge on any atom is 0.239 e. The highest BCUT2D eigenvalue weighted by Crippen LogP contribution is 2.36. The SMILES string of the molecule is Cc1c(C#N)c(NC(=O)CN2CCN(C)CC2)n(C2CCCCC2)c1C. The highest BCUT2D eigenvalue weighted by molar-refractivity contribution is 5.93. The van der Waals surface area contributed by atoms with Gasteiger partial charge < -0.3 is 14.8 Å². The highest BCUT2D eigenvalue weighted by atomic mass is 16.2. The monoisotopic (exact) mass is 357 g/mol. The molecule has 0 aromatic carbocycles. The van der Waals surface area contributed by atoms with Crippen molar-refractivity contribution < 1.29 is 4.79 Å². The normalized spacial score (nSPS) is 20.1. The summed E-state index contributed by atoms with van der Waals surface area (Å²) in [7, 11) is 2.11. The largest absolute Gasteiger partial charge is 0.327 e. The van der Waals surface area contributed by atoms with Gasteiger partial charge in [0.05, 0.1) is 12.1 Å². The van der Waals surface area contributed by atoms with Gasteiger partial charge in [-0.05, 0) is 39.3 Å². The summed E-state index contributed by atoms with van der Waals surface area (Å²) in [5, 5.41) is 12.8. The Labute approximate surface area is 156 Å². The molecule has 1 aliphatic heterocycles. The summed E-state index contributed by atoms with van der Waals surface area (Å²) in [5.41, 5.74) is 2.73. The van der Waals surface area contributed by atoms with Gasteiger partial charge in [-0.1, -0.05) is 19.3 Å². The number of carbonyl (C=O) groups is 1. The minimum Gasteiger partial charge on any atom is -0.327 e. The molecule has 1 amide bonds. The van der Waals surface area contributed by atoms with Crippen LogP contribution in [0.5, 0.6) is 0 Å². The number of likely N-dealkylation sites (N-methyl/N-ethyl adjacent to an activating group) is 1. The molecule has 1 aromatic rings. The Kier molecular flexibility index (Phi) is 6.00. The molecule has 0 spiro atoms. The molecule has 3 rings (SSSR count). The van der Waals surface area contributed by atoms with Crippen molar-refractivity contribution in [3.63, 3.8) is 0 Å². The number of anilines is 1. The maximum absolute atomic E-state index is 12.7. The Hall–Kier alpha value is -1.84. The molecule has 0 atom stereocenters. The number of rotatable bonds is 4. The van der Waals surface area contributed by atoms with Crippen molar-refractivity contribution >= 4 is 11.7 Å². The van der Waals surface area contributed by atoms with Crippen molar-refractivity contribution in [3.8, 4) is 6.07 Å². The van der Waals surface area contributed by atoms with Crippen molar-refractivity contribution in [3.05, 3.63) is 16.8 Å². The van der Waals surface area contributed by atoms with Gasteiger partial charge in [-0.25, -0.2) is 0 Å². The van der Waals surface area contributed by atoms with E-state index in [0.717, 1.165) is 50.3 Å².